The summed E-state index contributed by atoms with van der Waals surface area (Å²) in [5.41, 5.74) is 4.02. The Labute approximate surface area is 128 Å². The van der Waals surface area contributed by atoms with Gasteiger partial charge in [-0.2, -0.15) is 0 Å². The Morgan fingerprint density at radius 1 is 1.40 bits per heavy atom. The molecule has 2 heterocycles. The Morgan fingerprint density at radius 2 is 2.20 bits per heavy atom. The molecule has 0 aliphatic rings. The fourth-order valence-corrected chi connectivity index (χ4v) is 3.51. The number of imidazole rings is 1. The summed E-state index contributed by atoms with van der Waals surface area (Å²) in [4.78, 5) is 5.54. The first-order valence-electron chi connectivity index (χ1n) is 6.17. The van der Waals surface area contributed by atoms with Crippen molar-refractivity contribution in [1.82, 2.24) is 9.38 Å². The first-order chi connectivity index (χ1) is 9.56. The molecule has 0 atom stereocenters. The molecule has 0 spiro atoms. The van der Waals surface area contributed by atoms with Crippen molar-refractivity contribution in [2.75, 3.05) is 5.32 Å². The van der Waals surface area contributed by atoms with E-state index in [4.69, 9.17) is 0 Å². The molecule has 0 radical (unpaired) electrons. The Balaban J connectivity index is 1.92. The van der Waals surface area contributed by atoms with Crippen molar-refractivity contribution >= 4 is 37.9 Å². The molecule has 0 aliphatic carbocycles. The molecular weight excluding hydrogens is 341 g/mol. The van der Waals surface area contributed by atoms with Gasteiger partial charge in [0, 0.05) is 15.5 Å². The second-order valence-electron chi connectivity index (χ2n) is 4.62. The Hall–Kier alpha value is -1.40. The first-order valence-corrected chi connectivity index (χ1v) is 7.84. The minimum absolute atomic E-state index is 0.252. The minimum atomic E-state index is -0.252. The molecule has 0 unspecified atom stereocenters. The number of nitrogens with one attached hydrogen (secondary N) is 1. The van der Waals surface area contributed by atoms with Gasteiger partial charge in [0.15, 0.2) is 4.96 Å². The van der Waals surface area contributed by atoms with Crippen LogP contribution in [0.5, 0.6) is 0 Å². The molecule has 104 valence electrons. The van der Waals surface area contributed by atoms with Gasteiger partial charge in [-0.15, -0.1) is 11.3 Å². The van der Waals surface area contributed by atoms with Gasteiger partial charge in [0.2, 0.25) is 0 Å². The lowest BCUT2D eigenvalue weighted by molar-refractivity contribution is 0.628. The molecular formula is C14H13BrFN3S. The quantitative estimate of drug-likeness (QED) is 0.749. The summed E-state index contributed by atoms with van der Waals surface area (Å²) in [6.07, 6.45) is 0. The highest BCUT2D eigenvalue weighted by atomic mass is 79.9. The van der Waals surface area contributed by atoms with Gasteiger partial charge in [0.1, 0.15) is 5.82 Å². The molecule has 20 heavy (non-hydrogen) atoms. The molecule has 0 fully saturated rings. The number of aromatic nitrogens is 2. The summed E-state index contributed by atoms with van der Waals surface area (Å²) >= 11 is 5.05. The summed E-state index contributed by atoms with van der Waals surface area (Å²) in [5.74, 6) is -0.252. The molecule has 3 rings (SSSR count). The topological polar surface area (TPSA) is 29.3 Å². The molecule has 3 aromatic rings. The summed E-state index contributed by atoms with van der Waals surface area (Å²) in [6, 6.07) is 4.62. The maximum atomic E-state index is 13.3. The van der Waals surface area contributed by atoms with E-state index in [9.17, 15) is 4.39 Å². The summed E-state index contributed by atoms with van der Waals surface area (Å²) in [5, 5.41) is 5.35. The van der Waals surface area contributed by atoms with Crippen LogP contribution in [0.2, 0.25) is 0 Å². The normalized spacial score (nSPS) is 11.2. The van der Waals surface area contributed by atoms with E-state index >= 15 is 0 Å². The van der Waals surface area contributed by atoms with Gasteiger partial charge < -0.3 is 5.32 Å². The Morgan fingerprint density at radius 3 is 3.00 bits per heavy atom. The van der Waals surface area contributed by atoms with E-state index in [1.165, 1.54) is 17.8 Å². The minimum Gasteiger partial charge on any atom is -0.378 e. The first kappa shape index (κ1) is 13.6. The van der Waals surface area contributed by atoms with Gasteiger partial charge in [-0.3, -0.25) is 4.40 Å². The summed E-state index contributed by atoms with van der Waals surface area (Å²) < 4.78 is 16.3. The number of halogens is 2. The van der Waals surface area contributed by atoms with Crippen LogP contribution in [-0.4, -0.2) is 9.38 Å². The third-order valence-electron chi connectivity index (χ3n) is 3.20. The van der Waals surface area contributed by atoms with E-state index in [2.05, 4.69) is 42.9 Å². The number of thiazole rings is 1. The van der Waals surface area contributed by atoms with Crippen LogP contribution in [0.25, 0.3) is 4.96 Å². The third kappa shape index (κ3) is 2.33. The predicted octanol–water partition coefficient (Wildman–Crippen LogP) is 4.53. The lowest BCUT2D eigenvalue weighted by atomic mass is 10.3. The van der Waals surface area contributed by atoms with Crippen LogP contribution in [0.4, 0.5) is 10.1 Å². The van der Waals surface area contributed by atoms with Crippen molar-refractivity contribution in [1.29, 1.82) is 0 Å². The van der Waals surface area contributed by atoms with Crippen molar-refractivity contribution in [2.45, 2.75) is 20.4 Å². The lowest BCUT2D eigenvalue weighted by Crippen LogP contribution is -2.05. The van der Waals surface area contributed by atoms with Crippen molar-refractivity contribution in [3.8, 4) is 0 Å². The van der Waals surface area contributed by atoms with Crippen molar-refractivity contribution in [3.05, 3.63) is 51.0 Å². The number of rotatable bonds is 3. The second-order valence-corrected chi connectivity index (χ2v) is 6.31. The van der Waals surface area contributed by atoms with Gasteiger partial charge in [0.05, 0.1) is 23.6 Å². The van der Waals surface area contributed by atoms with E-state index < -0.39 is 0 Å². The maximum Gasteiger partial charge on any atom is 0.194 e. The third-order valence-corrected chi connectivity index (χ3v) is 4.84. The standard InChI is InChI=1S/C14H13BrFN3S/c1-8-7-20-14-18-9(2)13(19(8)14)6-17-12-5-10(16)3-4-11(12)15/h3-5,7,17H,6H2,1-2H3. The molecule has 0 aliphatic heterocycles. The zero-order chi connectivity index (χ0) is 14.3. The highest BCUT2D eigenvalue weighted by Crippen LogP contribution is 2.25. The number of nitrogens with zero attached hydrogens (tertiary/aromatic N) is 2. The van der Waals surface area contributed by atoms with Crippen molar-refractivity contribution in [3.63, 3.8) is 0 Å². The van der Waals surface area contributed by atoms with Crippen LogP contribution in [0, 0.1) is 19.7 Å². The molecule has 1 N–H and O–H groups in total. The van der Waals surface area contributed by atoms with Gasteiger partial charge in [-0.25, -0.2) is 9.37 Å². The van der Waals surface area contributed by atoms with Crippen LogP contribution in [-0.2, 0) is 6.54 Å². The number of hydrogen-bond donors (Lipinski definition) is 1. The fourth-order valence-electron chi connectivity index (χ4n) is 2.19. The monoisotopic (exact) mass is 353 g/mol. The predicted molar refractivity (Wildman–Crippen MR) is 84.0 cm³/mol. The largest absolute Gasteiger partial charge is 0.378 e. The van der Waals surface area contributed by atoms with E-state index in [0.29, 0.717) is 6.54 Å². The fraction of sp³-hybridized carbons (Fsp3) is 0.214. The number of hydrogen-bond acceptors (Lipinski definition) is 3. The number of aryl methyl sites for hydroxylation is 2. The summed E-state index contributed by atoms with van der Waals surface area (Å²) in [7, 11) is 0. The van der Waals surface area contributed by atoms with Crippen LogP contribution < -0.4 is 5.32 Å². The Kier molecular flexibility index (Phi) is 3.52. The molecule has 2 aromatic heterocycles. The Bertz CT molecular complexity index is 778. The highest BCUT2D eigenvalue weighted by Gasteiger charge is 2.12. The summed E-state index contributed by atoms with van der Waals surface area (Å²) in [6.45, 7) is 4.66. The number of anilines is 1. The molecule has 0 amide bonds. The van der Waals surface area contributed by atoms with Crippen LogP contribution in [0.3, 0.4) is 0 Å². The van der Waals surface area contributed by atoms with Crippen LogP contribution in [0.1, 0.15) is 17.1 Å². The molecule has 6 heteroatoms. The van der Waals surface area contributed by atoms with Crippen molar-refractivity contribution < 1.29 is 4.39 Å². The molecule has 3 nitrogen and oxygen atoms in total. The van der Waals surface area contributed by atoms with Crippen LogP contribution >= 0.6 is 27.3 Å². The van der Waals surface area contributed by atoms with E-state index in [1.807, 2.05) is 6.92 Å². The smallest absolute Gasteiger partial charge is 0.194 e. The van der Waals surface area contributed by atoms with E-state index in [-0.39, 0.29) is 5.82 Å². The van der Waals surface area contributed by atoms with Gasteiger partial charge in [-0.05, 0) is 48.0 Å². The highest BCUT2D eigenvalue weighted by molar-refractivity contribution is 9.10. The maximum absolute atomic E-state index is 13.3. The number of benzene rings is 1. The molecule has 0 bridgehead atoms. The average Bonchev–Trinajstić information content (AvgIpc) is 2.91. The van der Waals surface area contributed by atoms with Gasteiger partial charge in [0.25, 0.3) is 0 Å². The SMILES string of the molecule is Cc1nc2scc(C)n2c1CNc1cc(F)ccc1Br. The molecule has 0 saturated carbocycles. The van der Waals surface area contributed by atoms with Gasteiger partial charge in [-0.1, -0.05) is 0 Å². The number of fused-ring (bicyclic) bond motifs is 1. The second kappa shape index (κ2) is 5.18. The average molecular weight is 354 g/mol. The lowest BCUT2D eigenvalue weighted by Gasteiger charge is -2.09. The van der Waals surface area contributed by atoms with E-state index in [0.717, 1.165) is 26.5 Å². The van der Waals surface area contributed by atoms with E-state index in [1.54, 1.807) is 17.4 Å². The zero-order valence-electron chi connectivity index (χ0n) is 11.1. The molecule has 0 saturated heterocycles. The van der Waals surface area contributed by atoms with Gasteiger partial charge >= 0.3 is 0 Å². The zero-order valence-corrected chi connectivity index (χ0v) is 13.5. The molecule has 1 aromatic carbocycles. The van der Waals surface area contributed by atoms with Crippen molar-refractivity contribution in [2.24, 2.45) is 0 Å². The van der Waals surface area contributed by atoms with Crippen LogP contribution in [0.15, 0.2) is 28.1 Å².